The molecule has 0 aliphatic heterocycles. The van der Waals surface area contributed by atoms with Gasteiger partial charge in [-0.05, 0) is 26.2 Å². The number of hydrogen-bond acceptors (Lipinski definition) is 5. The maximum Gasteiger partial charge on any atom is 0.132 e. The smallest absolute Gasteiger partial charge is 0.132 e. The van der Waals surface area contributed by atoms with E-state index in [9.17, 15) is 0 Å². The highest BCUT2D eigenvalue weighted by Gasteiger charge is 2.08. The van der Waals surface area contributed by atoms with Gasteiger partial charge in [-0.2, -0.15) is 0 Å². The van der Waals surface area contributed by atoms with Gasteiger partial charge in [0.15, 0.2) is 0 Å². The number of imidazole rings is 1. The zero-order valence-electron chi connectivity index (χ0n) is 12.0. The van der Waals surface area contributed by atoms with Gasteiger partial charge in [0.2, 0.25) is 0 Å². The number of pyridine rings is 1. The van der Waals surface area contributed by atoms with Crippen LogP contribution in [0.4, 0.5) is 5.82 Å². The number of hydrogen-bond donors (Lipinski definition) is 1. The highest BCUT2D eigenvalue weighted by molar-refractivity contribution is 5.70. The standard InChI is InChI=1S/C14H21N5O/c1-18(2)6-8-20-9-7-19-11-16-10-13(19)12-4-3-5-17-14(12)15/h3-5,10-11H,6-9H2,1-2H3,(H2,15,17). The van der Waals surface area contributed by atoms with Crippen molar-refractivity contribution in [1.82, 2.24) is 19.4 Å². The van der Waals surface area contributed by atoms with E-state index < -0.39 is 0 Å². The molecule has 20 heavy (non-hydrogen) atoms. The maximum atomic E-state index is 5.90. The Morgan fingerprint density at radius 3 is 2.95 bits per heavy atom. The van der Waals surface area contributed by atoms with E-state index in [0.717, 1.165) is 31.0 Å². The second-order valence-corrected chi connectivity index (χ2v) is 4.82. The number of aromatic nitrogens is 3. The van der Waals surface area contributed by atoms with Crippen molar-refractivity contribution in [3.8, 4) is 11.3 Å². The van der Waals surface area contributed by atoms with Crippen LogP contribution < -0.4 is 5.73 Å². The lowest BCUT2D eigenvalue weighted by atomic mass is 10.2. The van der Waals surface area contributed by atoms with Crippen LogP contribution in [-0.4, -0.2) is 53.3 Å². The van der Waals surface area contributed by atoms with Gasteiger partial charge in [0, 0.05) is 24.8 Å². The van der Waals surface area contributed by atoms with Crippen molar-refractivity contribution in [1.29, 1.82) is 0 Å². The second kappa shape index (κ2) is 7.02. The summed E-state index contributed by atoms with van der Waals surface area (Å²) in [5, 5.41) is 0. The zero-order valence-corrected chi connectivity index (χ0v) is 12.0. The Bertz CT molecular complexity index is 538. The van der Waals surface area contributed by atoms with Crippen LogP contribution in [0.2, 0.25) is 0 Å². The van der Waals surface area contributed by atoms with Crippen LogP contribution in [-0.2, 0) is 11.3 Å². The molecule has 6 nitrogen and oxygen atoms in total. The molecule has 2 heterocycles. The van der Waals surface area contributed by atoms with Crippen LogP contribution in [0.1, 0.15) is 0 Å². The maximum absolute atomic E-state index is 5.90. The van der Waals surface area contributed by atoms with Crippen LogP contribution in [0.3, 0.4) is 0 Å². The molecule has 0 aliphatic carbocycles. The third kappa shape index (κ3) is 3.79. The molecular weight excluding hydrogens is 254 g/mol. The van der Waals surface area contributed by atoms with Gasteiger partial charge < -0.3 is 19.9 Å². The Morgan fingerprint density at radius 1 is 1.35 bits per heavy atom. The lowest BCUT2D eigenvalue weighted by molar-refractivity contribution is 0.111. The predicted molar refractivity (Wildman–Crippen MR) is 79.2 cm³/mol. The first-order valence-electron chi connectivity index (χ1n) is 6.62. The van der Waals surface area contributed by atoms with E-state index in [4.69, 9.17) is 10.5 Å². The summed E-state index contributed by atoms with van der Waals surface area (Å²) in [5.41, 5.74) is 7.77. The number of nitrogens with zero attached hydrogens (tertiary/aromatic N) is 4. The largest absolute Gasteiger partial charge is 0.383 e. The van der Waals surface area contributed by atoms with Gasteiger partial charge in [-0.25, -0.2) is 9.97 Å². The number of nitrogens with two attached hydrogens (primary N) is 1. The average Bonchev–Trinajstić information content (AvgIpc) is 2.87. The first-order chi connectivity index (χ1) is 9.68. The number of anilines is 1. The molecule has 0 unspecified atom stereocenters. The minimum absolute atomic E-state index is 0.516. The van der Waals surface area contributed by atoms with Gasteiger partial charge in [-0.1, -0.05) is 0 Å². The number of nitrogen functional groups attached to an aromatic ring is 1. The van der Waals surface area contributed by atoms with Gasteiger partial charge in [-0.15, -0.1) is 0 Å². The van der Waals surface area contributed by atoms with E-state index in [1.54, 1.807) is 18.7 Å². The molecule has 0 aromatic carbocycles. The van der Waals surface area contributed by atoms with Crippen molar-refractivity contribution < 1.29 is 4.74 Å². The SMILES string of the molecule is CN(C)CCOCCn1cncc1-c1cccnc1N. The fourth-order valence-electron chi connectivity index (χ4n) is 1.87. The fourth-order valence-corrected chi connectivity index (χ4v) is 1.87. The molecule has 0 amide bonds. The summed E-state index contributed by atoms with van der Waals surface area (Å²) >= 11 is 0. The van der Waals surface area contributed by atoms with Crippen LogP contribution in [0.15, 0.2) is 30.9 Å². The summed E-state index contributed by atoms with van der Waals surface area (Å²) in [6.07, 6.45) is 5.27. The molecule has 2 rings (SSSR count). The van der Waals surface area contributed by atoms with Crippen molar-refractivity contribution in [3.63, 3.8) is 0 Å². The van der Waals surface area contributed by atoms with Crippen molar-refractivity contribution >= 4 is 5.82 Å². The molecule has 0 aliphatic rings. The normalized spacial score (nSPS) is 11.2. The molecule has 0 fully saturated rings. The fraction of sp³-hybridized carbons (Fsp3) is 0.429. The summed E-state index contributed by atoms with van der Waals surface area (Å²) in [6.45, 7) is 3.05. The lowest BCUT2D eigenvalue weighted by Gasteiger charge is -2.12. The Morgan fingerprint density at radius 2 is 2.20 bits per heavy atom. The van der Waals surface area contributed by atoms with Crippen molar-refractivity contribution in [3.05, 3.63) is 30.9 Å². The molecule has 0 saturated heterocycles. The zero-order chi connectivity index (χ0) is 14.4. The topological polar surface area (TPSA) is 69.2 Å². The monoisotopic (exact) mass is 275 g/mol. The first kappa shape index (κ1) is 14.5. The third-order valence-corrected chi connectivity index (χ3v) is 2.99. The van der Waals surface area contributed by atoms with E-state index in [-0.39, 0.29) is 0 Å². The first-order valence-corrected chi connectivity index (χ1v) is 6.62. The Kier molecular flexibility index (Phi) is 5.09. The van der Waals surface area contributed by atoms with Crippen LogP contribution in [0, 0.1) is 0 Å². The molecular formula is C14H21N5O. The van der Waals surface area contributed by atoms with Crippen LogP contribution in [0.25, 0.3) is 11.3 Å². The Balaban J connectivity index is 1.94. The summed E-state index contributed by atoms with van der Waals surface area (Å²) in [4.78, 5) is 10.4. The molecule has 0 radical (unpaired) electrons. The molecule has 108 valence electrons. The number of rotatable bonds is 7. The summed E-state index contributed by atoms with van der Waals surface area (Å²) in [5.74, 6) is 0.516. The Labute approximate surface area is 119 Å². The molecule has 2 N–H and O–H groups in total. The minimum atomic E-state index is 0.516. The Hall–Kier alpha value is -1.92. The van der Waals surface area contributed by atoms with E-state index in [0.29, 0.717) is 12.4 Å². The van der Waals surface area contributed by atoms with E-state index >= 15 is 0 Å². The summed E-state index contributed by atoms with van der Waals surface area (Å²) in [6, 6.07) is 3.82. The van der Waals surface area contributed by atoms with Gasteiger partial charge in [0.1, 0.15) is 5.82 Å². The predicted octanol–water partition coefficient (Wildman–Crippen LogP) is 1.11. The van der Waals surface area contributed by atoms with Crippen LogP contribution >= 0.6 is 0 Å². The summed E-state index contributed by atoms with van der Waals surface area (Å²) < 4.78 is 7.63. The highest BCUT2D eigenvalue weighted by atomic mass is 16.5. The molecule has 0 atom stereocenters. The molecule has 2 aromatic rings. The molecule has 0 saturated carbocycles. The van der Waals surface area contributed by atoms with E-state index in [1.165, 1.54) is 0 Å². The van der Waals surface area contributed by atoms with Gasteiger partial charge >= 0.3 is 0 Å². The average molecular weight is 275 g/mol. The van der Waals surface area contributed by atoms with E-state index in [1.807, 2.05) is 30.8 Å². The molecule has 0 spiro atoms. The van der Waals surface area contributed by atoms with Crippen molar-refractivity contribution in [2.45, 2.75) is 6.54 Å². The minimum Gasteiger partial charge on any atom is -0.383 e. The third-order valence-electron chi connectivity index (χ3n) is 2.99. The second-order valence-electron chi connectivity index (χ2n) is 4.82. The lowest BCUT2D eigenvalue weighted by Crippen LogP contribution is -2.19. The van der Waals surface area contributed by atoms with Crippen molar-refractivity contribution in [2.24, 2.45) is 0 Å². The molecule has 6 heteroatoms. The molecule has 0 bridgehead atoms. The van der Waals surface area contributed by atoms with E-state index in [2.05, 4.69) is 14.9 Å². The van der Waals surface area contributed by atoms with Gasteiger partial charge in [-0.3, -0.25) is 0 Å². The quantitative estimate of drug-likeness (QED) is 0.766. The highest BCUT2D eigenvalue weighted by Crippen LogP contribution is 2.23. The van der Waals surface area contributed by atoms with Crippen molar-refractivity contribution in [2.75, 3.05) is 39.6 Å². The number of likely N-dealkylation sites (N-methyl/N-ethyl adjacent to an activating group) is 1. The van der Waals surface area contributed by atoms with Crippen LogP contribution in [0.5, 0.6) is 0 Å². The van der Waals surface area contributed by atoms with Gasteiger partial charge in [0.05, 0.1) is 31.4 Å². The van der Waals surface area contributed by atoms with Gasteiger partial charge in [0.25, 0.3) is 0 Å². The summed E-state index contributed by atoms with van der Waals surface area (Å²) in [7, 11) is 4.06. The number of ether oxygens (including phenoxy) is 1. The molecule has 2 aromatic heterocycles.